The van der Waals surface area contributed by atoms with Gasteiger partial charge >= 0.3 is 6.09 Å². The molecule has 2 atom stereocenters. The number of H-pyrrole nitrogens is 1. The summed E-state index contributed by atoms with van der Waals surface area (Å²) in [5.74, 6) is 1.39. The molecule has 1 N–H and O–H groups in total. The van der Waals surface area contributed by atoms with Crippen molar-refractivity contribution in [1.82, 2.24) is 19.9 Å². The number of nitrogens with zero attached hydrogens (tertiary/aromatic N) is 5. The molecule has 1 unspecified atom stereocenters. The van der Waals surface area contributed by atoms with E-state index in [-0.39, 0.29) is 18.2 Å². The number of anilines is 2. The molecule has 0 bridgehead atoms. The Kier molecular flexibility index (Phi) is 5.83. The number of methoxy groups -OCH3 is 1. The van der Waals surface area contributed by atoms with Gasteiger partial charge in [-0.3, -0.25) is 4.90 Å². The fourth-order valence-corrected chi connectivity index (χ4v) is 5.52. The lowest BCUT2D eigenvalue weighted by Gasteiger charge is -2.62. The summed E-state index contributed by atoms with van der Waals surface area (Å²) in [6.07, 6.45) is 1.37. The number of likely N-dealkylation sites (tertiary alicyclic amines) is 1. The first-order valence-electron chi connectivity index (χ1n) is 12.5. The van der Waals surface area contributed by atoms with Gasteiger partial charge in [-0.1, -0.05) is 11.6 Å². The average molecular weight is 527 g/mol. The highest BCUT2D eigenvalue weighted by atomic mass is 35.5. The number of nitrogens with one attached hydrogen (secondary N) is 1. The summed E-state index contributed by atoms with van der Waals surface area (Å²) in [5.41, 5.74) is 3.64. The van der Waals surface area contributed by atoms with Crippen LogP contribution in [-0.4, -0.2) is 90.1 Å². The molecule has 0 radical (unpaired) electrons. The minimum Gasteiger partial charge on any atom is -0.496 e. The van der Waals surface area contributed by atoms with Crippen LogP contribution >= 0.6 is 11.6 Å². The maximum Gasteiger partial charge on any atom is 0.410 e. The molecule has 1 aromatic carbocycles. The van der Waals surface area contributed by atoms with Gasteiger partial charge in [0.15, 0.2) is 5.65 Å². The highest BCUT2D eigenvalue weighted by Gasteiger charge is 2.55. The summed E-state index contributed by atoms with van der Waals surface area (Å²) in [4.78, 5) is 31.5. The lowest BCUT2D eigenvalue weighted by atomic mass is 9.85. The highest BCUT2D eigenvalue weighted by Crippen LogP contribution is 2.44. The number of aromatic nitrogens is 3. The SMILES string of the molecule is COc1cc(N2CCOCC2)ccc1-c1nc2ncc(Cl)c(N3C[C@@H]4C3CN4C(=O)OC(C)(C)C)c2[nH]1. The minimum absolute atomic E-state index is 0.115. The van der Waals surface area contributed by atoms with Crippen LogP contribution in [0.15, 0.2) is 24.4 Å². The Hall–Kier alpha value is -3.24. The fourth-order valence-electron chi connectivity index (χ4n) is 5.26. The van der Waals surface area contributed by atoms with Crippen LogP contribution in [-0.2, 0) is 9.47 Å². The lowest BCUT2D eigenvalue weighted by Crippen LogP contribution is -2.80. The molecule has 3 aromatic rings. The summed E-state index contributed by atoms with van der Waals surface area (Å²) in [6.45, 7) is 10.0. The van der Waals surface area contributed by atoms with Crippen molar-refractivity contribution in [1.29, 1.82) is 0 Å². The number of benzene rings is 1. The van der Waals surface area contributed by atoms with Crippen LogP contribution in [0.1, 0.15) is 20.8 Å². The third-order valence-corrected chi connectivity index (χ3v) is 7.47. The number of hydrogen-bond acceptors (Lipinski definition) is 8. The van der Waals surface area contributed by atoms with Crippen LogP contribution in [0.4, 0.5) is 16.2 Å². The number of imidazole rings is 1. The maximum atomic E-state index is 12.5. The monoisotopic (exact) mass is 526 g/mol. The van der Waals surface area contributed by atoms with Gasteiger partial charge in [0.1, 0.15) is 22.7 Å². The first kappa shape index (κ1) is 24.1. The molecule has 2 aromatic heterocycles. The van der Waals surface area contributed by atoms with E-state index in [2.05, 4.69) is 25.8 Å². The second-order valence-corrected chi connectivity index (χ2v) is 11.0. The van der Waals surface area contributed by atoms with E-state index in [9.17, 15) is 4.79 Å². The molecule has 11 heteroatoms. The Balaban J connectivity index is 1.26. The Morgan fingerprint density at radius 2 is 1.97 bits per heavy atom. The van der Waals surface area contributed by atoms with Crippen LogP contribution in [0.25, 0.3) is 22.6 Å². The predicted molar refractivity (Wildman–Crippen MR) is 142 cm³/mol. The molecule has 0 saturated carbocycles. The van der Waals surface area contributed by atoms with Gasteiger partial charge in [-0.2, -0.15) is 0 Å². The largest absolute Gasteiger partial charge is 0.496 e. The number of carbonyl (C=O) groups is 1. The van der Waals surface area contributed by atoms with Crippen LogP contribution in [0, 0.1) is 0 Å². The predicted octanol–water partition coefficient (Wildman–Crippen LogP) is 3.93. The molecule has 3 saturated heterocycles. The van der Waals surface area contributed by atoms with Gasteiger partial charge in [0.2, 0.25) is 0 Å². The number of halogens is 1. The second kappa shape index (κ2) is 8.95. The molecule has 3 aliphatic heterocycles. The highest BCUT2D eigenvalue weighted by molar-refractivity contribution is 6.34. The van der Waals surface area contributed by atoms with Crippen molar-refractivity contribution >= 4 is 40.2 Å². The smallest absolute Gasteiger partial charge is 0.410 e. The van der Waals surface area contributed by atoms with Gasteiger partial charge in [0, 0.05) is 37.9 Å². The number of amides is 1. The lowest BCUT2D eigenvalue weighted by molar-refractivity contribution is -0.0309. The first-order chi connectivity index (χ1) is 17.7. The van der Waals surface area contributed by atoms with Crippen molar-refractivity contribution < 1.29 is 19.0 Å². The third kappa shape index (κ3) is 4.21. The van der Waals surface area contributed by atoms with Crippen molar-refractivity contribution in [3.63, 3.8) is 0 Å². The Morgan fingerprint density at radius 3 is 2.65 bits per heavy atom. The number of ether oxygens (including phenoxy) is 3. The zero-order valence-electron chi connectivity index (χ0n) is 21.5. The topological polar surface area (TPSA) is 96.1 Å². The van der Waals surface area contributed by atoms with Gasteiger partial charge < -0.3 is 29.0 Å². The molecule has 1 amide bonds. The molecule has 3 fully saturated rings. The molecule has 196 valence electrons. The molecule has 3 aliphatic rings. The van der Waals surface area contributed by atoms with Crippen LogP contribution in [0.2, 0.25) is 5.02 Å². The van der Waals surface area contributed by atoms with Gasteiger partial charge in [-0.25, -0.2) is 14.8 Å². The van der Waals surface area contributed by atoms with Crippen molar-refractivity contribution in [2.45, 2.75) is 38.5 Å². The van der Waals surface area contributed by atoms with E-state index < -0.39 is 5.60 Å². The molecule has 6 rings (SSSR count). The quantitative estimate of drug-likeness (QED) is 0.546. The summed E-state index contributed by atoms with van der Waals surface area (Å²) in [5, 5.41) is 0.548. The van der Waals surface area contributed by atoms with E-state index in [1.807, 2.05) is 32.9 Å². The van der Waals surface area contributed by atoms with Crippen LogP contribution < -0.4 is 14.5 Å². The van der Waals surface area contributed by atoms with Crippen molar-refractivity contribution in [2.24, 2.45) is 0 Å². The van der Waals surface area contributed by atoms with E-state index >= 15 is 0 Å². The number of hydrogen-bond donors (Lipinski definition) is 1. The Bertz CT molecular complexity index is 1350. The van der Waals surface area contributed by atoms with Crippen LogP contribution in [0.3, 0.4) is 0 Å². The van der Waals surface area contributed by atoms with Crippen molar-refractivity contribution in [2.75, 3.05) is 56.3 Å². The number of rotatable bonds is 4. The summed E-state index contributed by atoms with van der Waals surface area (Å²) >= 11 is 6.66. The van der Waals surface area contributed by atoms with Gasteiger partial charge in [-0.15, -0.1) is 0 Å². The van der Waals surface area contributed by atoms with E-state index in [4.69, 9.17) is 30.8 Å². The standard InChI is InChI=1S/C26H31ClN6O4/c1-26(2,3)37-25(34)33-14-18-19(33)13-32(18)22-17(27)12-28-24-21(22)29-23(30-24)16-6-5-15(11-20(16)35-4)31-7-9-36-10-8-31/h5-6,11-12,18-19H,7-10,13-14H2,1-4H3,(H,28,29,30)/t18?,19-/m1/s1. The number of fused-ring (bicyclic) bond motifs is 2. The average Bonchev–Trinajstić information content (AvgIpc) is 3.29. The normalized spacial score (nSPS) is 21.4. The van der Waals surface area contributed by atoms with E-state index in [0.29, 0.717) is 29.6 Å². The zero-order valence-corrected chi connectivity index (χ0v) is 22.2. The molecular weight excluding hydrogens is 496 g/mol. The number of pyridine rings is 1. The summed E-state index contributed by atoms with van der Waals surface area (Å²) in [6, 6.07) is 6.44. The number of carbonyl (C=O) groups excluding carboxylic acids is 1. The third-order valence-electron chi connectivity index (χ3n) is 7.19. The second-order valence-electron chi connectivity index (χ2n) is 10.6. The number of piperazine rings is 1. The van der Waals surface area contributed by atoms with Crippen molar-refractivity contribution in [3.8, 4) is 17.1 Å². The maximum absolute atomic E-state index is 12.5. The van der Waals surface area contributed by atoms with E-state index in [1.54, 1.807) is 18.2 Å². The summed E-state index contributed by atoms with van der Waals surface area (Å²) < 4.78 is 16.8. The summed E-state index contributed by atoms with van der Waals surface area (Å²) in [7, 11) is 1.67. The zero-order chi connectivity index (χ0) is 25.9. The molecular formula is C26H31ClN6O4. The number of morpholine rings is 1. The first-order valence-corrected chi connectivity index (χ1v) is 12.9. The minimum atomic E-state index is -0.514. The van der Waals surface area contributed by atoms with E-state index in [1.165, 1.54) is 0 Å². The fraction of sp³-hybridized carbons (Fsp3) is 0.500. The van der Waals surface area contributed by atoms with Gasteiger partial charge in [-0.05, 0) is 32.9 Å². The van der Waals surface area contributed by atoms with Crippen molar-refractivity contribution in [3.05, 3.63) is 29.4 Å². The van der Waals surface area contributed by atoms with Crippen LogP contribution in [0.5, 0.6) is 5.75 Å². The molecule has 37 heavy (non-hydrogen) atoms. The Morgan fingerprint density at radius 1 is 1.19 bits per heavy atom. The van der Waals surface area contributed by atoms with E-state index in [0.717, 1.165) is 54.5 Å². The molecule has 10 nitrogen and oxygen atoms in total. The Labute approximate surface area is 220 Å². The molecule has 5 heterocycles. The number of aromatic amines is 1. The van der Waals surface area contributed by atoms with Gasteiger partial charge in [0.05, 0.1) is 54.9 Å². The molecule has 0 spiro atoms. The molecule has 0 aliphatic carbocycles. The van der Waals surface area contributed by atoms with Gasteiger partial charge in [0.25, 0.3) is 0 Å².